The molecule has 0 heterocycles. The van der Waals surface area contributed by atoms with E-state index in [4.69, 9.17) is 5.41 Å². The summed E-state index contributed by atoms with van der Waals surface area (Å²) >= 11 is 0. The minimum absolute atomic E-state index is 0.178. The molecule has 0 bridgehead atoms. The lowest BCUT2D eigenvalue weighted by molar-refractivity contribution is -0.137. The lowest BCUT2D eigenvalue weighted by Crippen LogP contribution is -2.20. The average molecular weight is 229 g/mol. The first kappa shape index (κ1) is 16.3. The van der Waals surface area contributed by atoms with Crippen LogP contribution < -0.4 is 11.5 Å². The van der Waals surface area contributed by atoms with Crippen LogP contribution in [-0.4, -0.2) is 19.0 Å². The Hall–Kier alpha value is -2.11. The maximum Gasteiger partial charge on any atom is 0.302 e. The van der Waals surface area contributed by atoms with Gasteiger partial charge < -0.3 is 16.2 Å². The SMILES string of the molecule is COC(C)=O.Fc1ccccc1.N=C(N)N. The predicted octanol–water partition coefficient (Wildman–Crippen LogP) is 0.844. The molecule has 0 fully saturated rings. The third-order valence-corrected chi connectivity index (χ3v) is 1.02. The first-order valence-electron chi connectivity index (χ1n) is 4.24. The highest BCUT2D eigenvalue weighted by atomic mass is 19.1. The van der Waals surface area contributed by atoms with E-state index in [-0.39, 0.29) is 17.7 Å². The molecule has 0 aliphatic heterocycles. The molecule has 90 valence electrons. The summed E-state index contributed by atoms with van der Waals surface area (Å²) in [5.41, 5.74) is 8.94. The van der Waals surface area contributed by atoms with E-state index in [1.807, 2.05) is 0 Å². The largest absolute Gasteiger partial charge is 0.469 e. The van der Waals surface area contributed by atoms with Crippen molar-refractivity contribution in [1.82, 2.24) is 0 Å². The van der Waals surface area contributed by atoms with Gasteiger partial charge in [0.15, 0.2) is 5.96 Å². The van der Waals surface area contributed by atoms with Gasteiger partial charge >= 0.3 is 5.97 Å². The van der Waals surface area contributed by atoms with Gasteiger partial charge in [-0.2, -0.15) is 0 Å². The van der Waals surface area contributed by atoms with Gasteiger partial charge in [0.25, 0.3) is 0 Å². The van der Waals surface area contributed by atoms with Crippen LogP contribution in [0.5, 0.6) is 0 Å². The van der Waals surface area contributed by atoms with E-state index in [2.05, 4.69) is 16.2 Å². The fourth-order valence-corrected chi connectivity index (χ4v) is 0.415. The Labute approximate surface area is 93.7 Å². The van der Waals surface area contributed by atoms with Crippen LogP contribution in [0.3, 0.4) is 0 Å². The second-order valence-corrected chi connectivity index (χ2v) is 2.45. The average Bonchev–Trinajstić information content (AvgIpc) is 2.19. The topological polar surface area (TPSA) is 102 Å². The van der Waals surface area contributed by atoms with Crippen molar-refractivity contribution in [2.45, 2.75) is 6.92 Å². The number of carbonyl (C=O) groups is 1. The van der Waals surface area contributed by atoms with Crippen LogP contribution in [0.2, 0.25) is 0 Å². The Morgan fingerprint density at radius 1 is 1.31 bits per heavy atom. The van der Waals surface area contributed by atoms with Crippen LogP contribution in [0, 0.1) is 11.2 Å². The number of methoxy groups -OCH3 is 1. The molecule has 0 amide bonds. The summed E-state index contributed by atoms with van der Waals surface area (Å²) in [6.07, 6.45) is 0. The number of halogens is 1. The molecule has 0 spiro atoms. The summed E-state index contributed by atoms with van der Waals surface area (Å²) in [5.74, 6) is -0.757. The summed E-state index contributed by atoms with van der Waals surface area (Å²) in [7, 11) is 1.35. The molecule has 5 N–H and O–H groups in total. The molecule has 0 radical (unpaired) electrons. The molecule has 0 unspecified atom stereocenters. The van der Waals surface area contributed by atoms with Gasteiger partial charge in [0.1, 0.15) is 5.82 Å². The minimum atomic E-state index is -0.333. The van der Waals surface area contributed by atoms with E-state index >= 15 is 0 Å². The van der Waals surface area contributed by atoms with Crippen LogP contribution in [-0.2, 0) is 9.53 Å². The fourth-order valence-electron chi connectivity index (χ4n) is 0.415. The molecule has 0 aliphatic rings. The Morgan fingerprint density at radius 3 is 1.75 bits per heavy atom. The number of hydrogen-bond donors (Lipinski definition) is 3. The fraction of sp³-hybridized carbons (Fsp3) is 0.200. The van der Waals surface area contributed by atoms with E-state index in [1.54, 1.807) is 18.2 Å². The van der Waals surface area contributed by atoms with Gasteiger partial charge in [0.2, 0.25) is 0 Å². The predicted molar refractivity (Wildman–Crippen MR) is 60.2 cm³/mol. The van der Waals surface area contributed by atoms with Crippen molar-refractivity contribution in [3.05, 3.63) is 36.1 Å². The van der Waals surface area contributed by atoms with Gasteiger partial charge in [-0.3, -0.25) is 10.2 Å². The van der Waals surface area contributed by atoms with E-state index in [1.165, 1.54) is 26.2 Å². The van der Waals surface area contributed by atoms with E-state index in [9.17, 15) is 9.18 Å². The maximum atomic E-state index is 11.9. The van der Waals surface area contributed by atoms with Crippen molar-refractivity contribution >= 4 is 11.9 Å². The normalized spacial score (nSPS) is 7.44. The van der Waals surface area contributed by atoms with Gasteiger partial charge in [-0.15, -0.1) is 0 Å². The van der Waals surface area contributed by atoms with Gasteiger partial charge in [-0.05, 0) is 12.1 Å². The second-order valence-electron chi connectivity index (χ2n) is 2.45. The van der Waals surface area contributed by atoms with Gasteiger partial charge in [-0.25, -0.2) is 4.39 Å². The first-order chi connectivity index (χ1) is 7.40. The Kier molecular flexibility index (Phi) is 11.2. The van der Waals surface area contributed by atoms with Crippen LogP contribution in [0.4, 0.5) is 4.39 Å². The highest BCUT2D eigenvalue weighted by molar-refractivity contribution is 5.71. The molecular weight excluding hydrogens is 213 g/mol. The van der Waals surface area contributed by atoms with Crippen molar-refractivity contribution in [3.8, 4) is 0 Å². The molecule has 5 nitrogen and oxygen atoms in total. The summed E-state index contributed by atoms with van der Waals surface area (Å²) in [4.78, 5) is 9.59. The van der Waals surface area contributed by atoms with Crippen LogP contribution >= 0.6 is 0 Å². The lowest BCUT2D eigenvalue weighted by atomic mass is 10.4. The molecule has 1 aromatic carbocycles. The van der Waals surface area contributed by atoms with Crippen LogP contribution in [0.25, 0.3) is 0 Å². The van der Waals surface area contributed by atoms with Gasteiger partial charge in [0, 0.05) is 6.92 Å². The van der Waals surface area contributed by atoms with E-state index < -0.39 is 0 Å². The van der Waals surface area contributed by atoms with E-state index in [0.29, 0.717) is 0 Å². The van der Waals surface area contributed by atoms with Crippen molar-refractivity contribution in [2.75, 3.05) is 7.11 Å². The summed E-state index contributed by atoms with van der Waals surface area (Å²) in [6, 6.07) is 7.94. The number of guanidine groups is 1. The van der Waals surface area contributed by atoms with Crippen LogP contribution in [0.15, 0.2) is 30.3 Å². The molecule has 0 aliphatic carbocycles. The van der Waals surface area contributed by atoms with Crippen molar-refractivity contribution in [1.29, 1.82) is 5.41 Å². The third kappa shape index (κ3) is 22.7. The molecule has 6 heteroatoms. The summed E-state index contributed by atoms with van der Waals surface area (Å²) in [5, 5.41) is 6.06. The number of rotatable bonds is 0. The van der Waals surface area contributed by atoms with Gasteiger partial charge in [-0.1, -0.05) is 18.2 Å². The molecule has 16 heavy (non-hydrogen) atoms. The van der Waals surface area contributed by atoms with Crippen molar-refractivity contribution < 1.29 is 13.9 Å². The zero-order chi connectivity index (χ0) is 13.0. The summed E-state index contributed by atoms with van der Waals surface area (Å²) < 4.78 is 16.0. The number of nitrogens with one attached hydrogen (secondary N) is 1. The maximum absolute atomic E-state index is 11.9. The smallest absolute Gasteiger partial charge is 0.302 e. The van der Waals surface area contributed by atoms with Crippen LogP contribution in [0.1, 0.15) is 6.92 Å². The number of nitrogens with two attached hydrogens (primary N) is 2. The Morgan fingerprint density at radius 2 is 1.62 bits per heavy atom. The Bertz CT molecular complexity index is 300. The number of benzene rings is 1. The molecule has 0 saturated carbocycles. The van der Waals surface area contributed by atoms with Gasteiger partial charge in [0.05, 0.1) is 7.11 Å². The highest BCUT2D eigenvalue weighted by Crippen LogP contribution is 1.91. The standard InChI is InChI=1S/C6H5F.C3H6O2.CH5N3/c7-6-4-2-1-3-5-6;1-3(4)5-2;2-1(3)4/h1-5H;1-2H3;(H5,2,3,4). The summed E-state index contributed by atoms with van der Waals surface area (Å²) in [6.45, 7) is 1.36. The molecule has 0 saturated heterocycles. The molecule has 1 aromatic rings. The second kappa shape index (κ2) is 11.0. The number of esters is 1. The minimum Gasteiger partial charge on any atom is -0.469 e. The van der Waals surface area contributed by atoms with Crippen molar-refractivity contribution in [3.63, 3.8) is 0 Å². The number of hydrogen-bond acceptors (Lipinski definition) is 3. The highest BCUT2D eigenvalue weighted by Gasteiger charge is 1.77. The lowest BCUT2D eigenvalue weighted by Gasteiger charge is -1.80. The van der Waals surface area contributed by atoms with E-state index in [0.717, 1.165) is 0 Å². The molecular formula is C10H16FN3O2. The Balaban J connectivity index is 0. The molecule has 0 atom stereocenters. The molecule has 1 rings (SSSR count). The zero-order valence-corrected chi connectivity index (χ0v) is 9.24. The third-order valence-electron chi connectivity index (χ3n) is 1.02. The number of carbonyl (C=O) groups excluding carboxylic acids is 1. The number of ether oxygens (including phenoxy) is 1. The quantitative estimate of drug-likeness (QED) is 0.348. The first-order valence-corrected chi connectivity index (χ1v) is 4.24. The molecule has 0 aromatic heterocycles. The zero-order valence-electron chi connectivity index (χ0n) is 9.24. The van der Waals surface area contributed by atoms with Crippen molar-refractivity contribution in [2.24, 2.45) is 11.5 Å². The monoisotopic (exact) mass is 229 g/mol.